The molecule has 0 unspecified atom stereocenters. The zero-order valence-electron chi connectivity index (χ0n) is 15.3. The number of nitrogens with one attached hydrogen (secondary N) is 3. The molecule has 0 spiro atoms. The summed E-state index contributed by atoms with van der Waals surface area (Å²) in [4.78, 5) is 34.2. The first-order valence-corrected chi connectivity index (χ1v) is 9.62. The molecule has 27 heavy (non-hydrogen) atoms. The predicted octanol–water partition coefficient (Wildman–Crippen LogP) is 0.663. The van der Waals surface area contributed by atoms with Crippen LogP contribution in [0.25, 0.3) is 6.08 Å². The Labute approximate surface area is 158 Å². The molecule has 9 nitrogen and oxygen atoms in total. The molecule has 0 atom stereocenters. The van der Waals surface area contributed by atoms with Crippen LogP contribution >= 0.6 is 0 Å². The summed E-state index contributed by atoms with van der Waals surface area (Å²) >= 11 is 0. The van der Waals surface area contributed by atoms with Crippen molar-refractivity contribution in [3.63, 3.8) is 0 Å². The molecule has 10 heteroatoms. The number of carbonyl (C=O) groups excluding carboxylic acids is 3. The van der Waals surface area contributed by atoms with Crippen LogP contribution < -0.4 is 15.4 Å². The van der Waals surface area contributed by atoms with Gasteiger partial charge < -0.3 is 10.1 Å². The fraction of sp³-hybridized carbons (Fsp3) is 0.353. The third kappa shape index (κ3) is 10.1. The van der Waals surface area contributed by atoms with Gasteiger partial charge in [0.25, 0.3) is 5.91 Å². The number of sulfonamides is 1. The molecule has 1 rings (SSSR count). The second-order valence-corrected chi connectivity index (χ2v) is 7.57. The zero-order valence-corrected chi connectivity index (χ0v) is 16.1. The summed E-state index contributed by atoms with van der Waals surface area (Å²) in [5.41, 5.74) is 1.73. The molecule has 1 aromatic carbocycles. The maximum atomic E-state index is 11.8. The van der Waals surface area contributed by atoms with E-state index < -0.39 is 41.1 Å². The molecule has 0 radical (unpaired) electrons. The molecule has 148 valence electrons. The number of esters is 1. The van der Waals surface area contributed by atoms with Crippen molar-refractivity contribution in [1.29, 1.82) is 0 Å². The quantitative estimate of drug-likeness (QED) is 0.553. The van der Waals surface area contributed by atoms with Gasteiger partial charge >= 0.3 is 12.0 Å². The van der Waals surface area contributed by atoms with Gasteiger partial charge in [-0.15, -0.1) is 0 Å². The lowest BCUT2D eigenvalue weighted by Gasteiger charge is -2.09. The molecule has 0 saturated heterocycles. The van der Waals surface area contributed by atoms with Gasteiger partial charge in [0, 0.05) is 11.4 Å². The first-order valence-electron chi connectivity index (χ1n) is 8.08. The van der Waals surface area contributed by atoms with Crippen LogP contribution in [0.15, 0.2) is 29.7 Å². The Kier molecular flexibility index (Phi) is 8.63. The standard InChI is InChI=1S/C17H23N3O6S/c1-12(2)19-17(23)20-15(21)11-26-16(22)10-18-27(24,25)9-8-14-6-4-13(3)5-7-14/h4-9,12,18H,10-11H2,1-3H3,(H2,19,20,21,23). The predicted molar refractivity (Wildman–Crippen MR) is 99.9 cm³/mol. The molecule has 3 N–H and O–H groups in total. The summed E-state index contributed by atoms with van der Waals surface area (Å²) in [5.74, 6) is -1.79. The van der Waals surface area contributed by atoms with Crippen LogP contribution in [-0.4, -0.2) is 45.5 Å². The van der Waals surface area contributed by atoms with Gasteiger partial charge in [-0.2, -0.15) is 0 Å². The molecule has 0 aliphatic rings. The highest BCUT2D eigenvalue weighted by Gasteiger charge is 2.13. The molecule has 0 heterocycles. The summed E-state index contributed by atoms with van der Waals surface area (Å²) in [5, 5.41) is 5.32. The van der Waals surface area contributed by atoms with E-state index in [2.05, 4.69) is 10.1 Å². The van der Waals surface area contributed by atoms with Crippen molar-refractivity contribution in [2.45, 2.75) is 26.8 Å². The number of aryl methyl sites for hydroxylation is 1. The van der Waals surface area contributed by atoms with Crippen LogP contribution in [0.2, 0.25) is 0 Å². The highest BCUT2D eigenvalue weighted by Crippen LogP contribution is 2.05. The third-order valence-corrected chi connectivity index (χ3v) is 4.01. The highest BCUT2D eigenvalue weighted by atomic mass is 32.2. The van der Waals surface area contributed by atoms with Crippen molar-refractivity contribution >= 4 is 34.0 Å². The van der Waals surface area contributed by atoms with E-state index in [0.29, 0.717) is 5.56 Å². The molecule has 0 aliphatic heterocycles. The first kappa shape index (κ1) is 22.3. The minimum absolute atomic E-state index is 0.164. The van der Waals surface area contributed by atoms with E-state index >= 15 is 0 Å². The second kappa shape index (κ2) is 10.4. The Bertz CT molecular complexity index is 800. The SMILES string of the molecule is Cc1ccc(C=CS(=O)(=O)NCC(=O)OCC(=O)NC(=O)NC(C)C)cc1. The number of ether oxygens (including phenoxy) is 1. The van der Waals surface area contributed by atoms with Crippen LogP contribution in [0.3, 0.4) is 0 Å². The Morgan fingerprint density at radius 2 is 1.78 bits per heavy atom. The number of rotatable bonds is 8. The van der Waals surface area contributed by atoms with Crippen molar-refractivity contribution in [3.05, 3.63) is 40.8 Å². The molecule has 0 aromatic heterocycles. The number of urea groups is 1. The fourth-order valence-electron chi connectivity index (χ4n) is 1.71. The number of imide groups is 1. The van der Waals surface area contributed by atoms with E-state index in [0.717, 1.165) is 11.0 Å². The van der Waals surface area contributed by atoms with Crippen LogP contribution in [0.1, 0.15) is 25.0 Å². The van der Waals surface area contributed by atoms with E-state index in [4.69, 9.17) is 0 Å². The van der Waals surface area contributed by atoms with Crippen molar-refractivity contribution in [3.8, 4) is 0 Å². The van der Waals surface area contributed by atoms with Gasteiger partial charge in [-0.3, -0.25) is 14.9 Å². The van der Waals surface area contributed by atoms with Crippen LogP contribution in [0.5, 0.6) is 0 Å². The molecule has 0 aliphatic carbocycles. The average Bonchev–Trinajstić information content (AvgIpc) is 2.57. The normalized spacial score (nSPS) is 11.4. The summed E-state index contributed by atoms with van der Waals surface area (Å²) in [6, 6.07) is 6.30. The van der Waals surface area contributed by atoms with E-state index in [-0.39, 0.29) is 6.04 Å². The lowest BCUT2D eigenvalue weighted by molar-refractivity contribution is -0.147. The van der Waals surface area contributed by atoms with E-state index in [1.165, 1.54) is 6.08 Å². The van der Waals surface area contributed by atoms with Crippen LogP contribution in [0, 0.1) is 6.92 Å². The summed E-state index contributed by atoms with van der Waals surface area (Å²) in [6.07, 6.45) is 1.38. The van der Waals surface area contributed by atoms with Crippen LogP contribution in [0.4, 0.5) is 4.79 Å². The number of hydrogen-bond acceptors (Lipinski definition) is 6. The topological polar surface area (TPSA) is 131 Å². The monoisotopic (exact) mass is 397 g/mol. The molecular formula is C17H23N3O6S. The van der Waals surface area contributed by atoms with Crippen molar-refractivity contribution in [2.24, 2.45) is 0 Å². The Morgan fingerprint density at radius 1 is 1.15 bits per heavy atom. The lowest BCUT2D eigenvalue weighted by atomic mass is 10.2. The number of carbonyl (C=O) groups is 3. The minimum atomic E-state index is -3.85. The Balaban J connectivity index is 2.38. The van der Waals surface area contributed by atoms with Gasteiger partial charge in [-0.05, 0) is 32.4 Å². The summed E-state index contributed by atoms with van der Waals surface area (Å²) < 4.78 is 30.3. The van der Waals surface area contributed by atoms with Gasteiger partial charge in [0.05, 0.1) is 0 Å². The number of amides is 3. The van der Waals surface area contributed by atoms with E-state index in [1.54, 1.807) is 26.0 Å². The van der Waals surface area contributed by atoms with Crippen molar-refractivity contribution in [1.82, 2.24) is 15.4 Å². The largest absolute Gasteiger partial charge is 0.455 e. The first-order chi connectivity index (χ1) is 12.6. The third-order valence-electron chi connectivity index (χ3n) is 2.97. The van der Waals surface area contributed by atoms with E-state index in [1.807, 2.05) is 29.1 Å². The average molecular weight is 397 g/mol. The second-order valence-electron chi connectivity index (χ2n) is 5.92. The van der Waals surface area contributed by atoms with Gasteiger partial charge in [0.1, 0.15) is 6.54 Å². The number of benzene rings is 1. The molecular weight excluding hydrogens is 374 g/mol. The lowest BCUT2D eigenvalue weighted by Crippen LogP contribution is -2.44. The smallest absolute Gasteiger partial charge is 0.321 e. The van der Waals surface area contributed by atoms with Gasteiger partial charge in [0.2, 0.25) is 10.0 Å². The molecule has 0 saturated carbocycles. The van der Waals surface area contributed by atoms with E-state index in [9.17, 15) is 22.8 Å². The molecule has 1 aromatic rings. The van der Waals surface area contributed by atoms with Gasteiger partial charge in [-0.25, -0.2) is 17.9 Å². The fourth-order valence-corrected chi connectivity index (χ4v) is 2.46. The maximum Gasteiger partial charge on any atom is 0.321 e. The summed E-state index contributed by atoms with van der Waals surface area (Å²) in [6.45, 7) is 3.98. The van der Waals surface area contributed by atoms with Crippen molar-refractivity contribution in [2.75, 3.05) is 13.2 Å². The Morgan fingerprint density at radius 3 is 2.37 bits per heavy atom. The zero-order chi connectivity index (χ0) is 20.4. The minimum Gasteiger partial charge on any atom is -0.455 e. The Hall–Kier alpha value is -2.72. The molecule has 0 bridgehead atoms. The van der Waals surface area contributed by atoms with Crippen LogP contribution in [-0.2, 0) is 24.3 Å². The van der Waals surface area contributed by atoms with Gasteiger partial charge in [-0.1, -0.05) is 29.8 Å². The molecule has 0 fully saturated rings. The summed E-state index contributed by atoms with van der Waals surface area (Å²) in [7, 11) is -3.85. The maximum absolute atomic E-state index is 11.8. The number of hydrogen-bond donors (Lipinski definition) is 3. The molecule has 3 amide bonds. The highest BCUT2D eigenvalue weighted by molar-refractivity contribution is 7.92. The van der Waals surface area contributed by atoms with Crippen molar-refractivity contribution < 1.29 is 27.5 Å². The van der Waals surface area contributed by atoms with Gasteiger partial charge in [0.15, 0.2) is 6.61 Å².